The number of nitrogens with one attached hydrogen (secondary N) is 4. The van der Waals surface area contributed by atoms with Crippen molar-refractivity contribution in [2.75, 3.05) is 26.3 Å². The average Bonchev–Trinajstić information content (AvgIpc) is 3.27. The molecule has 78 heavy (non-hydrogen) atoms. The first-order chi connectivity index (χ1) is 35.7. The number of amides is 2. The molecule has 2 heterocycles. The Labute approximate surface area is 489 Å². The van der Waals surface area contributed by atoms with Gasteiger partial charge < -0.3 is 57.4 Å². The van der Waals surface area contributed by atoms with E-state index in [0.717, 1.165) is 74.9 Å². The average molecular weight is 1280 g/mol. The number of carbonyl (C=O) groups is 2. The zero-order chi connectivity index (χ0) is 58.1. The number of aliphatic hydroxyl groups excluding tert-OH is 2. The quantitative estimate of drug-likeness (QED) is 0.0293. The number of hydrogen-bond donors (Lipinski definition) is 6. The number of halogens is 6. The van der Waals surface area contributed by atoms with Gasteiger partial charge in [-0.25, -0.2) is 27.2 Å². The van der Waals surface area contributed by atoms with Crippen molar-refractivity contribution in [1.82, 2.24) is 21.3 Å². The van der Waals surface area contributed by atoms with Gasteiger partial charge in [0, 0.05) is 64.8 Å². The van der Waals surface area contributed by atoms with E-state index in [-0.39, 0.29) is 56.3 Å². The number of rotatable bonds is 15. The van der Waals surface area contributed by atoms with Gasteiger partial charge in [-0.15, -0.1) is 0 Å². The zero-order valence-corrected chi connectivity index (χ0v) is 52.7. The Balaban J connectivity index is 0.000000473. The van der Waals surface area contributed by atoms with Gasteiger partial charge in [-0.1, -0.05) is 61.1 Å². The summed E-state index contributed by atoms with van der Waals surface area (Å²) in [6, 6.07) is 16.7. The maximum atomic E-state index is 13.8. The topological polar surface area (TPSA) is 160 Å². The number of carbonyl (C=O) groups excluding carboxylic acids is 2. The van der Waals surface area contributed by atoms with Crippen LogP contribution in [-0.4, -0.2) is 84.2 Å². The first-order valence-electron chi connectivity index (χ1n) is 25.7. The van der Waals surface area contributed by atoms with Gasteiger partial charge >= 0.3 is 39.2 Å². The van der Waals surface area contributed by atoms with E-state index in [4.69, 9.17) is 28.6 Å². The molecule has 0 saturated heterocycles. The van der Waals surface area contributed by atoms with Crippen LogP contribution < -0.4 is 30.7 Å². The van der Waals surface area contributed by atoms with E-state index in [1.807, 2.05) is 24.3 Å². The van der Waals surface area contributed by atoms with E-state index in [9.17, 15) is 37.4 Å². The van der Waals surface area contributed by atoms with Gasteiger partial charge in [0.05, 0.1) is 37.5 Å². The summed E-state index contributed by atoms with van der Waals surface area (Å²) in [5.41, 5.74) is 2.81. The van der Waals surface area contributed by atoms with Gasteiger partial charge in [0.25, 0.3) is 0 Å². The fourth-order valence-electron chi connectivity index (χ4n) is 8.22. The van der Waals surface area contributed by atoms with Crippen LogP contribution in [0.3, 0.4) is 0 Å². The Kier molecular flexibility index (Phi) is 28.9. The van der Waals surface area contributed by atoms with E-state index < -0.39 is 70.9 Å². The van der Waals surface area contributed by atoms with Crippen molar-refractivity contribution in [3.8, 4) is 11.5 Å². The SMILES string of the molecule is C.CC(C)(C)Cc1ccc2c(c1)C(NC[C@@H](O)C(Cc1cc(F)cc(F)c1)NC(=O)OC(C)(C)C)CCO2.CC(C)(C)OC(=O)NC(Cc1cc(F)cc(F)c1)[C@H](O)CNC1CCOc2ccc(I)cc21.[CH2-]C(C)(C)C.[Cl][Zn+]. The zero-order valence-electron chi connectivity index (χ0n) is 46.8. The van der Waals surface area contributed by atoms with Crippen LogP contribution >= 0.6 is 32.3 Å². The Morgan fingerprint density at radius 1 is 0.641 bits per heavy atom. The molecule has 0 bridgehead atoms. The second-order valence-electron chi connectivity index (χ2n) is 23.7. The molecular formula is C59H84ClF4IN4O8Zn. The summed E-state index contributed by atoms with van der Waals surface area (Å²) in [7, 11) is 4.76. The second-order valence-corrected chi connectivity index (χ2v) is 24.9. The normalized spacial score (nSPS) is 16.5. The van der Waals surface area contributed by atoms with E-state index in [1.165, 1.54) is 29.8 Å². The first kappa shape index (κ1) is 70.3. The van der Waals surface area contributed by atoms with Crippen molar-refractivity contribution in [3.05, 3.63) is 134 Å². The Morgan fingerprint density at radius 2 is 1.00 bits per heavy atom. The van der Waals surface area contributed by atoms with E-state index in [2.05, 4.69) is 104 Å². The van der Waals surface area contributed by atoms with Gasteiger partial charge in [-0.3, -0.25) is 0 Å². The molecule has 6 atom stereocenters. The summed E-state index contributed by atoms with van der Waals surface area (Å²) in [5.74, 6) is -1.27. The number of fused-ring (bicyclic) bond motifs is 2. The number of ether oxygens (including phenoxy) is 4. The van der Waals surface area contributed by atoms with E-state index in [0.29, 0.717) is 24.3 Å². The van der Waals surface area contributed by atoms with Crippen LogP contribution in [0.25, 0.3) is 0 Å². The number of hydrogen-bond acceptors (Lipinski definition) is 10. The van der Waals surface area contributed by atoms with Crippen LogP contribution in [0.5, 0.6) is 11.5 Å². The monoisotopic (exact) mass is 1280 g/mol. The molecular weight excluding hydrogens is 1200 g/mol. The van der Waals surface area contributed by atoms with Crippen molar-refractivity contribution in [2.45, 2.75) is 170 Å². The van der Waals surface area contributed by atoms with Gasteiger partial charge in [0.15, 0.2) is 0 Å². The Morgan fingerprint density at radius 3 is 1.36 bits per heavy atom. The molecule has 0 spiro atoms. The summed E-state index contributed by atoms with van der Waals surface area (Å²) >= 11 is 3.08. The predicted octanol–water partition coefficient (Wildman–Crippen LogP) is 13.1. The predicted molar refractivity (Wildman–Crippen MR) is 306 cm³/mol. The van der Waals surface area contributed by atoms with Crippen molar-refractivity contribution < 1.29 is 73.6 Å². The van der Waals surface area contributed by atoms with Crippen LogP contribution in [0.1, 0.15) is 143 Å². The van der Waals surface area contributed by atoms with Gasteiger partial charge in [-0.2, -0.15) is 5.41 Å². The van der Waals surface area contributed by atoms with E-state index >= 15 is 0 Å². The first-order valence-corrected chi connectivity index (χ1v) is 30.7. The minimum absolute atomic E-state index is 0. The molecule has 2 aliphatic rings. The van der Waals surface area contributed by atoms with Crippen molar-refractivity contribution in [1.29, 1.82) is 0 Å². The number of alkyl carbamates (subject to hydrolysis) is 2. The molecule has 0 radical (unpaired) electrons. The van der Waals surface area contributed by atoms with Gasteiger partial charge in [-0.05, 0) is 154 Å². The summed E-state index contributed by atoms with van der Waals surface area (Å²) in [6.45, 7) is 28.3. The third-order valence-electron chi connectivity index (χ3n) is 11.1. The van der Waals surface area contributed by atoms with Gasteiger partial charge in [0.1, 0.15) is 46.0 Å². The third kappa shape index (κ3) is 27.6. The molecule has 4 unspecified atom stereocenters. The minimum atomic E-state index is -1.05. The molecule has 2 aliphatic heterocycles. The molecule has 0 aromatic heterocycles. The van der Waals surface area contributed by atoms with Crippen LogP contribution in [-0.2, 0) is 46.0 Å². The third-order valence-corrected chi connectivity index (χ3v) is 11.8. The fourth-order valence-corrected chi connectivity index (χ4v) is 8.73. The summed E-state index contributed by atoms with van der Waals surface area (Å²) < 4.78 is 78.3. The van der Waals surface area contributed by atoms with Crippen LogP contribution in [0.4, 0.5) is 27.2 Å². The van der Waals surface area contributed by atoms with Crippen LogP contribution in [0.15, 0.2) is 72.8 Å². The molecule has 4 aromatic rings. The van der Waals surface area contributed by atoms with Gasteiger partial charge in [0.2, 0.25) is 0 Å². The molecule has 0 aliphatic carbocycles. The van der Waals surface area contributed by atoms with Crippen LogP contribution in [0.2, 0.25) is 0 Å². The molecule has 12 nitrogen and oxygen atoms in total. The molecule has 6 N–H and O–H groups in total. The molecule has 2 amide bonds. The fraction of sp³-hybridized carbons (Fsp3) is 0.542. The summed E-state index contributed by atoms with van der Waals surface area (Å²) in [6.07, 6.45) is -1.11. The molecule has 4 aromatic carbocycles. The van der Waals surface area contributed by atoms with Crippen molar-refractivity contribution >= 4 is 44.5 Å². The Bertz CT molecular complexity index is 2460. The number of benzene rings is 4. The standard InChI is InChI=1S/C29H40F2N2O4.C24H29F2IN2O4.C5H11.CH4.ClH.Zn/c1-28(2,3)16-18-7-8-26-22(13-18)23(9-10-36-26)32-17-25(34)24(33-27(35)37-29(4,5)6)14-19-11-20(30)15-21(31)12-19;1-24(2,3)33-23(31)29-20(10-14-8-15(25)11-16(26)9-14)21(30)13-28-19-6-7-32-22-5-4-17(27)12-18(19)22;1-5(2,3)4;;;/h7-8,11-13,15,23-25,32,34H,9-10,14,16-17H2,1-6H3,(H,33,35);4-5,8-9,11-12,19-21,28,30H,6-7,10,13H2,1-3H3,(H,29,31);1H2,2-4H3;1H4;1H;/q;;-1;;;+2/p-1/t23?,24?,25-;19?,20?,21-;;;;/m11..../s1. The molecule has 19 heteroatoms. The summed E-state index contributed by atoms with van der Waals surface area (Å²) in [5, 5.41) is 34.1. The molecule has 6 rings (SSSR count). The van der Waals surface area contributed by atoms with Crippen molar-refractivity contribution in [2.24, 2.45) is 10.8 Å². The summed E-state index contributed by atoms with van der Waals surface area (Å²) in [4.78, 5) is 24.9. The van der Waals surface area contributed by atoms with Crippen LogP contribution in [0, 0.1) is 44.6 Å². The van der Waals surface area contributed by atoms with Crippen molar-refractivity contribution in [3.63, 3.8) is 0 Å². The maximum absolute atomic E-state index is 13.8. The Hall–Kier alpha value is -3.78. The number of aliphatic hydroxyl groups is 2. The molecule has 0 saturated carbocycles. The van der Waals surface area contributed by atoms with E-state index in [1.54, 1.807) is 41.5 Å². The second kappa shape index (κ2) is 32.0. The molecule has 0 fully saturated rings. The molecule has 432 valence electrons.